The summed E-state index contributed by atoms with van der Waals surface area (Å²) in [7, 11) is 0. The number of likely N-dealkylation sites (tertiary alicyclic amines) is 1. The van der Waals surface area contributed by atoms with E-state index in [-0.39, 0.29) is 0 Å². The summed E-state index contributed by atoms with van der Waals surface area (Å²) in [6.07, 6.45) is 8.60. The van der Waals surface area contributed by atoms with E-state index in [4.69, 9.17) is 4.98 Å². The second kappa shape index (κ2) is 7.92. The van der Waals surface area contributed by atoms with Gasteiger partial charge in [-0.2, -0.15) is 0 Å². The van der Waals surface area contributed by atoms with Crippen molar-refractivity contribution in [1.29, 1.82) is 0 Å². The normalized spacial score (nSPS) is 17.5. The molecule has 27 heavy (non-hydrogen) atoms. The van der Waals surface area contributed by atoms with E-state index >= 15 is 0 Å². The van der Waals surface area contributed by atoms with Crippen molar-refractivity contribution in [3.8, 4) is 11.3 Å². The zero-order chi connectivity index (χ0) is 18.6. The largest absolute Gasteiger partial charge is 0.297 e. The number of pyridine rings is 2. The smallest absolute Gasteiger partial charge is 0.131 e. The van der Waals surface area contributed by atoms with Crippen LogP contribution in [0.3, 0.4) is 0 Å². The van der Waals surface area contributed by atoms with Crippen LogP contribution < -0.4 is 0 Å². The van der Waals surface area contributed by atoms with Gasteiger partial charge >= 0.3 is 0 Å². The van der Waals surface area contributed by atoms with Crippen LogP contribution in [0.15, 0.2) is 55.1 Å². The van der Waals surface area contributed by atoms with Gasteiger partial charge in [0.05, 0.1) is 11.4 Å². The molecule has 1 aliphatic heterocycles. The lowest BCUT2D eigenvalue weighted by Crippen LogP contribution is -2.21. The summed E-state index contributed by atoms with van der Waals surface area (Å²) in [5.41, 5.74) is 4.61. The predicted octanol–water partition coefficient (Wildman–Crippen LogP) is 4.05. The first-order valence-corrected chi connectivity index (χ1v) is 9.59. The molecule has 0 saturated carbocycles. The third-order valence-electron chi connectivity index (χ3n) is 5.14. The highest BCUT2D eigenvalue weighted by Gasteiger charge is 2.24. The van der Waals surface area contributed by atoms with Gasteiger partial charge in [0.25, 0.3) is 0 Å². The van der Waals surface area contributed by atoms with E-state index in [0.29, 0.717) is 11.8 Å². The lowest BCUT2D eigenvalue weighted by atomic mass is 9.98. The molecule has 0 aliphatic carbocycles. The van der Waals surface area contributed by atoms with Crippen molar-refractivity contribution in [2.75, 3.05) is 13.1 Å². The summed E-state index contributed by atoms with van der Waals surface area (Å²) < 4.78 is 0. The highest BCUT2D eigenvalue weighted by Crippen LogP contribution is 2.30. The Labute approximate surface area is 160 Å². The van der Waals surface area contributed by atoms with Gasteiger partial charge in [0.1, 0.15) is 5.82 Å². The van der Waals surface area contributed by atoms with Gasteiger partial charge in [0.15, 0.2) is 0 Å². The Morgan fingerprint density at radius 1 is 1.04 bits per heavy atom. The van der Waals surface area contributed by atoms with E-state index in [1.807, 2.05) is 43.0 Å². The molecule has 4 heterocycles. The summed E-state index contributed by atoms with van der Waals surface area (Å²) in [4.78, 5) is 20.2. The molecule has 5 heteroatoms. The van der Waals surface area contributed by atoms with Gasteiger partial charge in [0.2, 0.25) is 0 Å². The summed E-state index contributed by atoms with van der Waals surface area (Å²) in [5, 5.41) is 0. The van der Waals surface area contributed by atoms with Crippen LogP contribution >= 0.6 is 0 Å². The predicted molar refractivity (Wildman–Crippen MR) is 106 cm³/mol. The molecule has 138 valence electrons. The van der Waals surface area contributed by atoms with Crippen molar-refractivity contribution < 1.29 is 0 Å². The van der Waals surface area contributed by atoms with Gasteiger partial charge in [0, 0.05) is 49.4 Å². The number of hydrogen-bond acceptors (Lipinski definition) is 5. The van der Waals surface area contributed by atoms with Crippen LogP contribution in [0.2, 0.25) is 0 Å². The fourth-order valence-corrected chi connectivity index (χ4v) is 3.64. The average Bonchev–Trinajstić information content (AvgIpc) is 3.17. The second-order valence-electron chi connectivity index (χ2n) is 7.49. The standard InChI is InChI=1S/C22H25N5/c1-16(2)22-25-11-6-20(26-22)15-27-12-7-19(14-27)18-5-10-24-21(13-18)17-3-8-23-9-4-17/h3-6,8-11,13,16,19H,7,12,14-15H2,1-2H3/t19-/m1/s1. The van der Waals surface area contributed by atoms with E-state index < -0.39 is 0 Å². The maximum absolute atomic E-state index is 4.72. The van der Waals surface area contributed by atoms with Crippen LogP contribution in [0, 0.1) is 0 Å². The second-order valence-corrected chi connectivity index (χ2v) is 7.49. The average molecular weight is 359 g/mol. The van der Waals surface area contributed by atoms with Crippen molar-refractivity contribution in [2.24, 2.45) is 0 Å². The minimum Gasteiger partial charge on any atom is -0.297 e. The molecule has 0 N–H and O–H groups in total. The number of rotatable bonds is 5. The van der Waals surface area contributed by atoms with Gasteiger partial charge in [-0.1, -0.05) is 13.8 Å². The molecule has 3 aromatic heterocycles. The number of hydrogen-bond donors (Lipinski definition) is 0. The molecule has 0 spiro atoms. The van der Waals surface area contributed by atoms with Crippen LogP contribution in [0.5, 0.6) is 0 Å². The molecule has 4 rings (SSSR count). The van der Waals surface area contributed by atoms with Crippen LogP contribution in [0.25, 0.3) is 11.3 Å². The molecular formula is C22H25N5. The Morgan fingerprint density at radius 2 is 1.85 bits per heavy atom. The third kappa shape index (κ3) is 4.19. The Morgan fingerprint density at radius 3 is 2.67 bits per heavy atom. The van der Waals surface area contributed by atoms with Crippen LogP contribution in [0.4, 0.5) is 0 Å². The maximum Gasteiger partial charge on any atom is 0.131 e. The molecular weight excluding hydrogens is 334 g/mol. The van der Waals surface area contributed by atoms with Gasteiger partial charge < -0.3 is 0 Å². The van der Waals surface area contributed by atoms with Gasteiger partial charge in [-0.3, -0.25) is 14.9 Å². The van der Waals surface area contributed by atoms with E-state index in [1.165, 1.54) is 12.0 Å². The Kier molecular flexibility index (Phi) is 5.21. The molecule has 5 nitrogen and oxygen atoms in total. The molecule has 3 aromatic rings. The van der Waals surface area contributed by atoms with Gasteiger partial charge in [-0.05, 0) is 54.8 Å². The zero-order valence-corrected chi connectivity index (χ0v) is 15.9. The van der Waals surface area contributed by atoms with E-state index in [1.54, 1.807) is 0 Å². The quantitative estimate of drug-likeness (QED) is 0.688. The van der Waals surface area contributed by atoms with Crippen molar-refractivity contribution in [3.05, 3.63) is 72.2 Å². The van der Waals surface area contributed by atoms with Crippen LogP contribution in [-0.2, 0) is 6.54 Å². The number of nitrogens with zero attached hydrogens (tertiary/aromatic N) is 5. The third-order valence-corrected chi connectivity index (χ3v) is 5.14. The molecule has 0 unspecified atom stereocenters. The molecule has 0 amide bonds. The summed E-state index contributed by atoms with van der Waals surface area (Å²) in [6, 6.07) is 10.4. The van der Waals surface area contributed by atoms with Crippen molar-refractivity contribution in [3.63, 3.8) is 0 Å². The molecule has 1 atom stereocenters. The fraction of sp³-hybridized carbons (Fsp3) is 0.364. The molecule has 0 aromatic carbocycles. The highest BCUT2D eigenvalue weighted by atomic mass is 15.2. The first-order valence-electron chi connectivity index (χ1n) is 9.59. The molecule has 0 bridgehead atoms. The summed E-state index contributed by atoms with van der Waals surface area (Å²) >= 11 is 0. The maximum atomic E-state index is 4.72. The van der Waals surface area contributed by atoms with Crippen molar-refractivity contribution in [1.82, 2.24) is 24.8 Å². The topological polar surface area (TPSA) is 54.8 Å². The van der Waals surface area contributed by atoms with Gasteiger partial charge in [-0.25, -0.2) is 9.97 Å². The van der Waals surface area contributed by atoms with Crippen LogP contribution in [0.1, 0.15) is 49.2 Å². The summed E-state index contributed by atoms with van der Waals surface area (Å²) in [6.45, 7) is 7.31. The van der Waals surface area contributed by atoms with Crippen LogP contribution in [-0.4, -0.2) is 37.9 Å². The minimum absolute atomic E-state index is 0.361. The Balaban J connectivity index is 1.45. The molecule has 1 aliphatic rings. The van der Waals surface area contributed by atoms with E-state index in [2.05, 4.69) is 45.8 Å². The SMILES string of the molecule is CC(C)c1nccc(CN2CC[C@@H](c3ccnc(-c4ccncc4)c3)C2)n1. The fourth-order valence-electron chi connectivity index (χ4n) is 3.64. The van der Waals surface area contributed by atoms with Crippen molar-refractivity contribution in [2.45, 2.75) is 38.6 Å². The molecule has 1 fully saturated rings. The first-order chi connectivity index (χ1) is 13.2. The molecule has 1 saturated heterocycles. The number of aromatic nitrogens is 4. The first kappa shape index (κ1) is 17.7. The zero-order valence-electron chi connectivity index (χ0n) is 15.9. The lowest BCUT2D eigenvalue weighted by Gasteiger charge is -2.16. The minimum atomic E-state index is 0.361. The van der Waals surface area contributed by atoms with Gasteiger partial charge in [-0.15, -0.1) is 0 Å². The Hall–Kier alpha value is -2.66. The lowest BCUT2D eigenvalue weighted by molar-refractivity contribution is 0.322. The van der Waals surface area contributed by atoms with Crippen molar-refractivity contribution >= 4 is 0 Å². The Bertz CT molecular complexity index is 894. The molecule has 0 radical (unpaired) electrons. The summed E-state index contributed by atoms with van der Waals surface area (Å²) in [5.74, 6) is 1.83. The van der Waals surface area contributed by atoms with E-state index in [0.717, 1.165) is 42.4 Å². The monoisotopic (exact) mass is 359 g/mol. The highest BCUT2D eigenvalue weighted by molar-refractivity contribution is 5.59. The van der Waals surface area contributed by atoms with E-state index in [9.17, 15) is 0 Å².